The zero-order valence-corrected chi connectivity index (χ0v) is 16.5. The largest absolute Gasteiger partial charge is 0.338 e. The molecule has 2 saturated heterocycles. The third kappa shape index (κ3) is 4.10. The van der Waals surface area contributed by atoms with E-state index in [1.54, 1.807) is 28.6 Å². The molecule has 0 spiro atoms. The highest BCUT2D eigenvalue weighted by molar-refractivity contribution is 7.89. The van der Waals surface area contributed by atoms with E-state index < -0.39 is 10.0 Å². The van der Waals surface area contributed by atoms with E-state index in [-0.39, 0.29) is 10.8 Å². The summed E-state index contributed by atoms with van der Waals surface area (Å²) in [6, 6.07) is 6.44. The maximum Gasteiger partial charge on any atom is 0.253 e. The van der Waals surface area contributed by atoms with Crippen molar-refractivity contribution < 1.29 is 13.2 Å². The molecule has 6 nitrogen and oxygen atoms in total. The first-order valence-corrected chi connectivity index (χ1v) is 11.0. The van der Waals surface area contributed by atoms with Crippen molar-refractivity contribution in [2.75, 3.05) is 45.8 Å². The summed E-state index contributed by atoms with van der Waals surface area (Å²) in [5, 5.41) is 0. The van der Waals surface area contributed by atoms with Gasteiger partial charge >= 0.3 is 0 Å². The Morgan fingerprint density at radius 2 is 1.73 bits per heavy atom. The molecule has 1 atom stereocenters. The number of hydrogen-bond acceptors (Lipinski definition) is 4. The van der Waals surface area contributed by atoms with Gasteiger partial charge in [-0.1, -0.05) is 13.8 Å². The fourth-order valence-electron chi connectivity index (χ4n) is 3.76. The Kier molecular flexibility index (Phi) is 5.99. The molecule has 1 unspecified atom stereocenters. The molecular weight excluding hydrogens is 350 g/mol. The van der Waals surface area contributed by atoms with E-state index in [2.05, 4.69) is 18.7 Å². The van der Waals surface area contributed by atoms with E-state index in [0.717, 1.165) is 45.6 Å². The third-order valence-corrected chi connectivity index (χ3v) is 7.37. The minimum Gasteiger partial charge on any atom is -0.338 e. The van der Waals surface area contributed by atoms with Crippen LogP contribution in [0.5, 0.6) is 0 Å². The number of carbonyl (C=O) groups is 1. The fraction of sp³-hybridized carbons (Fsp3) is 0.632. The summed E-state index contributed by atoms with van der Waals surface area (Å²) in [6.07, 6.45) is 2.19. The van der Waals surface area contributed by atoms with Gasteiger partial charge in [-0.15, -0.1) is 0 Å². The van der Waals surface area contributed by atoms with Crippen molar-refractivity contribution in [1.29, 1.82) is 0 Å². The lowest BCUT2D eigenvalue weighted by molar-refractivity contribution is 0.0683. The first-order valence-electron chi connectivity index (χ1n) is 9.53. The van der Waals surface area contributed by atoms with Gasteiger partial charge in [-0.25, -0.2) is 8.42 Å². The number of piperazine rings is 1. The van der Waals surface area contributed by atoms with Crippen molar-refractivity contribution in [3.8, 4) is 0 Å². The second kappa shape index (κ2) is 8.06. The highest BCUT2D eigenvalue weighted by Crippen LogP contribution is 2.21. The van der Waals surface area contributed by atoms with Crippen molar-refractivity contribution in [2.45, 2.75) is 31.6 Å². The molecule has 2 aliphatic rings. The minimum atomic E-state index is -3.49. The summed E-state index contributed by atoms with van der Waals surface area (Å²) >= 11 is 0. The number of carbonyl (C=O) groups excluding carboxylic acids is 1. The number of nitrogens with zero attached hydrogens (tertiary/aromatic N) is 3. The second-order valence-electron chi connectivity index (χ2n) is 7.36. The van der Waals surface area contributed by atoms with Crippen LogP contribution in [0, 0.1) is 5.92 Å². The molecular formula is C19H29N3O3S. The number of sulfonamides is 1. The predicted molar refractivity (Wildman–Crippen MR) is 102 cm³/mol. The van der Waals surface area contributed by atoms with Crippen LogP contribution in [0.15, 0.2) is 29.2 Å². The standard InChI is InChI=1S/C19H29N3O3S/c1-3-20-11-13-22(14-12-20)26(24,25)18-8-6-17(7-9-18)19(23)21-10-4-5-16(2)15-21/h6-9,16H,3-5,10-15H2,1-2H3. The molecule has 1 amide bonds. The van der Waals surface area contributed by atoms with Crippen LogP contribution in [-0.2, 0) is 10.0 Å². The lowest BCUT2D eigenvalue weighted by atomic mass is 9.99. The molecule has 0 aromatic heterocycles. The summed E-state index contributed by atoms with van der Waals surface area (Å²) in [4.78, 5) is 17.0. The zero-order chi connectivity index (χ0) is 18.7. The number of likely N-dealkylation sites (tertiary alicyclic amines) is 1. The van der Waals surface area contributed by atoms with Crippen LogP contribution in [0.2, 0.25) is 0 Å². The van der Waals surface area contributed by atoms with Crippen molar-refractivity contribution in [2.24, 2.45) is 5.92 Å². The Bertz CT molecular complexity index is 725. The maximum absolute atomic E-state index is 12.8. The normalized spacial score (nSPS) is 23.2. The summed E-state index contributed by atoms with van der Waals surface area (Å²) in [7, 11) is -3.49. The van der Waals surface area contributed by atoms with E-state index in [9.17, 15) is 13.2 Å². The number of piperidine rings is 1. The van der Waals surface area contributed by atoms with Crippen LogP contribution in [0.25, 0.3) is 0 Å². The molecule has 7 heteroatoms. The van der Waals surface area contributed by atoms with Gasteiger partial charge in [-0.05, 0) is 49.6 Å². The summed E-state index contributed by atoms with van der Waals surface area (Å²) in [6.45, 7) is 9.31. The SMILES string of the molecule is CCN1CCN(S(=O)(=O)c2ccc(C(=O)N3CCCC(C)C3)cc2)CC1. The van der Waals surface area contributed by atoms with E-state index >= 15 is 0 Å². The van der Waals surface area contributed by atoms with Gasteiger partial charge in [0.25, 0.3) is 5.91 Å². The summed E-state index contributed by atoms with van der Waals surface area (Å²) in [5.74, 6) is 0.520. The predicted octanol–water partition coefficient (Wildman–Crippen LogP) is 1.88. The molecule has 0 aliphatic carbocycles. The summed E-state index contributed by atoms with van der Waals surface area (Å²) in [5.41, 5.74) is 0.564. The minimum absolute atomic E-state index is 0.00272. The van der Waals surface area contributed by atoms with Crippen molar-refractivity contribution in [3.63, 3.8) is 0 Å². The van der Waals surface area contributed by atoms with Crippen LogP contribution >= 0.6 is 0 Å². The van der Waals surface area contributed by atoms with Crippen molar-refractivity contribution >= 4 is 15.9 Å². The number of likely N-dealkylation sites (N-methyl/N-ethyl adjacent to an activating group) is 1. The quantitative estimate of drug-likeness (QED) is 0.801. The molecule has 26 heavy (non-hydrogen) atoms. The molecule has 0 saturated carbocycles. The highest BCUT2D eigenvalue weighted by Gasteiger charge is 2.28. The highest BCUT2D eigenvalue weighted by atomic mass is 32.2. The number of rotatable bonds is 4. The topological polar surface area (TPSA) is 60.9 Å². The van der Waals surface area contributed by atoms with Gasteiger partial charge in [-0.2, -0.15) is 4.31 Å². The number of hydrogen-bond donors (Lipinski definition) is 0. The fourth-order valence-corrected chi connectivity index (χ4v) is 5.18. The Hall–Kier alpha value is -1.44. The van der Waals surface area contributed by atoms with Gasteiger partial charge in [0.05, 0.1) is 4.90 Å². The molecule has 2 aliphatic heterocycles. The van der Waals surface area contributed by atoms with Crippen molar-refractivity contribution in [1.82, 2.24) is 14.1 Å². The molecule has 144 valence electrons. The number of benzene rings is 1. The molecule has 0 N–H and O–H groups in total. The average molecular weight is 380 g/mol. The smallest absolute Gasteiger partial charge is 0.253 e. The Labute approximate surface area is 156 Å². The van der Waals surface area contributed by atoms with E-state index in [1.807, 2.05) is 4.90 Å². The van der Waals surface area contributed by atoms with Crippen LogP contribution in [0.3, 0.4) is 0 Å². The van der Waals surface area contributed by atoms with Gasteiger partial charge in [0, 0.05) is 44.8 Å². The van der Waals surface area contributed by atoms with Crippen molar-refractivity contribution in [3.05, 3.63) is 29.8 Å². The van der Waals surface area contributed by atoms with Gasteiger partial charge < -0.3 is 9.80 Å². The van der Waals surface area contributed by atoms with E-state index in [1.165, 1.54) is 0 Å². The summed E-state index contributed by atoms with van der Waals surface area (Å²) < 4.78 is 27.2. The lowest BCUT2D eigenvalue weighted by Gasteiger charge is -2.33. The number of amides is 1. The molecule has 0 bridgehead atoms. The Morgan fingerprint density at radius 3 is 2.31 bits per heavy atom. The molecule has 2 fully saturated rings. The molecule has 2 heterocycles. The maximum atomic E-state index is 12.8. The monoisotopic (exact) mass is 379 g/mol. The third-order valence-electron chi connectivity index (χ3n) is 5.46. The van der Waals surface area contributed by atoms with Crippen LogP contribution < -0.4 is 0 Å². The van der Waals surface area contributed by atoms with Gasteiger partial charge in [0.15, 0.2) is 0 Å². The molecule has 1 aromatic carbocycles. The van der Waals surface area contributed by atoms with E-state index in [0.29, 0.717) is 24.6 Å². The zero-order valence-electron chi connectivity index (χ0n) is 15.7. The molecule has 0 radical (unpaired) electrons. The average Bonchev–Trinajstić information content (AvgIpc) is 2.67. The van der Waals surface area contributed by atoms with Crippen LogP contribution in [0.4, 0.5) is 0 Å². The molecule has 3 rings (SSSR count). The first kappa shape index (κ1) is 19.3. The van der Waals surface area contributed by atoms with Crippen LogP contribution in [-0.4, -0.2) is 74.2 Å². The lowest BCUT2D eigenvalue weighted by Crippen LogP contribution is -2.48. The van der Waals surface area contributed by atoms with Gasteiger partial charge in [-0.3, -0.25) is 4.79 Å². The van der Waals surface area contributed by atoms with Crippen LogP contribution in [0.1, 0.15) is 37.0 Å². The van der Waals surface area contributed by atoms with Gasteiger partial charge in [0.1, 0.15) is 0 Å². The Morgan fingerprint density at radius 1 is 1.08 bits per heavy atom. The first-order chi connectivity index (χ1) is 12.4. The van der Waals surface area contributed by atoms with E-state index in [4.69, 9.17) is 0 Å². The Balaban J connectivity index is 1.69. The van der Waals surface area contributed by atoms with Gasteiger partial charge in [0.2, 0.25) is 10.0 Å². The molecule has 1 aromatic rings. The second-order valence-corrected chi connectivity index (χ2v) is 9.30.